The van der Waals surface area contributed by atoms with Crippen LogP contribution in [0, 0.1) is 5.92 Å². The Hall–Kier alpha value is -1.68. The molecule has 24 heavy (non-hydrogen) atoms. The second-order valence-corrected chi connectivity index (χ2v) is 7.42. The van der Waals surface area contributed by atoms with Crippen LogP contribution in [0.25, 0.3) is 0 Å². The molecule has 3 rings (SSSR count). The maximum absolute atomic E-state index is 9.39. The highest BCUT2D eigenvalue weighted by molar-refractivity contribution is 5.26. The van der Waals surface area contributed by atoms with E-state index in [0.29, 0.717) is 24.6 Å². The van der Waals surface area contributed by atoms with E-state index in [1.807, 2.05) is 0 Å². The molecule has 0 bridgehead atoms. The molecule has 1 aliphatic carbocycles. The van der Waals surface area contributed by atoms with Gasteiger partial charge in [-0.15, -0.1) is 0 Å². The third-order valence-corrected chi connectivity index (χ3v) is 5.19. The normalized spacial score (nSPS) is 30.0. The van der Waals surface area contributed by atoms with Crippen molar-refractivity contribution in [3.8, 4) is 0 Å². The molecule has 4 heteroatoms. The number of allylic oxidation sites excluding steroid dienone is 3. The lowest BCUT2D eigenvalue weighted by atomic mass is 9.85. The van der Waals surface area contributed by atoms with Gasteiger partial charge in [0, 0.05) is 43.3 Å². The van der Waals surface area contributed by atoms with Crippen molar-refractivity contribution in [1.82, 2.24) is 15.1 Å². The highest BCUT2D eigenvalue weighted by Gasteiger charge is 2.31. The minimum Gasteiger partial charge on any atom is -0.396 e. The van der Waals surface area contributed by atoms with E-state index in [1.54, 1.807) is 0 Å². The van der Waals surface area contributed by atoms with Crippen molar-refractivity contribution in [3.05, 3.63) is 48.5 Å². The van der Waals surface area contributed by atoms with Gasteiger partial charge in [-0.25, -0.2) is 0 Å². The molecule has 2 N–H and O–H groups in total. The number of nitrogens with zero attached hydrogens (tertiary/aromatic N) is 2. The summed E-state index contributed by atoms with van der Waals surface area (Å²) in [6, 6.07) is 0.995. The molecule has 2 heterocycles. The van der Waals surface area contributed by atoms with Gasteiger partial charge in [0.15, 0.2) is 0 Å². The fourth-order valence-corrected chi connectivity index (χ4v) is 3.90. The first kappa shape index (κ1) is 17.2. The molecule has 0 aromatic rings. The summed E-state index contributed by atoms with van der Waals surface area (Å²) in [5.41, 5.74) is 1.21. The maximum Gasteiger partial charge on any atom is 0.123 e. The molecular weight excluding hydrogens is 298 g/mol. The molecule has 3 aliphatic rings. The quantitative estimate of drug-likeness (QED) is 0.813. The SMILES string of the molecule is CC(C)NC1=CC(N2C=CC=CC2)N(C2CCC(CO)CC2)C=C1. The van der Waals surface area contributed by atoms with Crippen LogP contribution in [0.15, 0.2) is 48.5 Å². The lowest BCUT2D eigenvalue weighted by molar-refractivity contribution is 0.0785. The second kappa shape index (κ2) is 7.93. The molecule has 132 valence electrons. The fourth-order valence-electron chi connectivity index (χ4n) is 3.90. The van der Waals surface area contributed by atoms with Gasteiger partial charge in [-0.05, 0) is 63.7 Å². The molecule has 1 atom stereocenters. The van der Waals surface area contributed by atoms with Crippen molar-refractivity contribution in [3.63, 3.8) is 0 Å². The minimum atomic E-state index is 0.258. The molecule has 4 nitrogen and oxygen atoms in total. The van der Waals surface area contributed by atoms with Crippen molar-refractivity contribution < 1.29 is 5.11 Å². The van der Waals surface area contributed by atoms with Gasteiger partial charge in [-0.3, -0.25) is 0 Å². The lowest BCUT2D eigenvalue weighted by Crippen LogP contribution is -2.50. The number of aliphatic hydroxyl groups excluding tert-OH is 1. The molecule has 0 aromatic heterocycles. The van der Waals surface area contributed by atoms with Gasteiger partial charge < -0.3 is 20.2 Å². The fraction of sp³-hybridized carbons (Fsp3) is 0.600. The third kappa shape index (κ3) is 4.04. The molecule has 0 saturated heterocycles. The van der Waals surface area contributed by atoms with E-state index in [-0.39, 0.29) is 6.17 Å². The zero-order valence-electron chi connectivity index (χ0n) is 14.9. The van der Waals surface area contributed by atoms with Gasteiger partial charge in [-0.2, -0.15) is 0 Å². The predicted octanol–water partition coefficient (Wildman–Crippen LogP) is 2.96. The van der Waals surface area contributed by atoms with Gasteiger partial charge in [0.25, 0.3) is 0 Å². The van der Waals surface area contributed by atoms with Crippen LogP contribution in [-0.4, -0.2) is 46.3 Å². The van der Waals surface area contributed by atoms with E-state index in [2.05, 4.69) is 71.7 Å². The summed E-state index contributed by atoms with van der Waals surface area (Å²) < 4.78 is 0. The van der Waals surface area contributed by atoms with Gasteiger partial charge in [-0.1, -0.05) is 12.2 Å². The van der Waals surface area contributed by atoms with E-state index in [9.17, 15) is 5.11 Å². The van der Waals surface area contributed by atoms with Crippen LogP contribution in [0.3, 0.4) is 0 Å². The molecule has 1 saturated carbocycles. The van der Waals surface area contributed by atoms with E-state index < -0.39 is 0 Å². The predicted molar refractivity (Wildman–Crippen MR) is 98.9 cm³/mol. The first-order valence-corrected chi connectivity index (χ1v) is 9.31. The molecule has 1 unspecified atom stereocenters. The van der Waals surface area contributed by atoms with Crippen molar-refractivity contribution in [1.29, 1.82) is 0 Å². The highest BCUT2D eigenvalue weighted by Crippen LogP contribution is 2.31. The Morgan fingerprint density at radius 2 is 1.96 bits per heavy atom. The van der Waals surface area contributed by atoms with Crippen LogP contribution < -0.4 is 5.32 Å². The first-order valence-electron chi connectivity index (χ1n) is 9.31. The number of hydrogen-bond acceptors (Lipinski definition) is 4. The summed E-state index contributed by atoms with van der Waals surface area (Å²) in [5, 5.41) is 12.9. The average Bonchev–Trinajstić information content (AvgIpc) is 2.62. The van der Waals surface area contributed by atoms with Crippen LogP contribution in [-0.2, 0) is 0 Å². The molecule has 0 spiro atoms. The molecule has 0 radical (unpaired) electrons. The van der Waals surface area contributed by atoms with Gasteiger partial charge >= 0.3 is 0 Å². The number of rotatable bonds is 5. The Labute approximate surface area is 146 Å². The molecule has 0 aromatic carbocycles. The Kier molecular flexibility index (Phi) is 5.67. The van der Waals surface area contributed by atoms with E-state index in [4.69, 9.17) is 0 Å². The minimum absolute atomic E-state index is 0.258. The Morgan fingerprint density at radius 3 is 2.58 bits per heavy atom. The van der Waals surface area contributed by atoms with Crippen LogP contribution in [0.4, 0.5) is 0 Å². The van der Waals surface area contributed by atoms with Crippen LogP contribution >= 0.6 is 0 Å². The first-order chi connectivity index (χ1) is 11.7. The van der Waals surface area contributed by atoms with E-state index in [0.717, 1.165) is 19.4 Å². The average molecular weight is 329 g/mol. The monoisotopic (exact) mass is 329 g/mol. The molecular formula is C20H31N3O. The van der Waals surface area contributed by atoms with Gasteiger partial charge in [0.05, 0.1) is 0 Å². The van der Waals surface area contributed by atoms with E-state index in [1.165, 1.54) is 18.5 Å². The number of aliphatic hydroxyl groups is 1. The Bertz CT molecular complexity index is 527. The van der Waals surface area contributed by atoms with Crippen molar-refractivity contribution in [2.45, 2.75) is 57.8 Å². The van der Waals surface area contributed by atoms with Crippen LogP contribution in [0.2, 0.25) is 0 Å². The Balaban J connectivity index is 1.74. The van der Waals surface area contributed by atoms with E-state index >= 15 is 0 Å². The van der Waals surface area contributed by atoms with Crippen LogP contribution in [0.1, 0.15) is 39.5 Å². The zero-order valence-corrected chi connectivity index (χ0v) is 14.9. The van der Waals surface area contributed by atoms with Crippen molar-refractivity contribution in [2.24, 2.45) is 5.92 Å². The zero-order chi connectivity index (χ0) is 16.9. The molecule has 0 amide bonds. The topological polar surface area (TPSA) is 38.7 Å². The summed E-state index contributed by atoms with van der Waals surface area (Å²) in [5.74, 6) is 0.500. The van der Waals surface area contributed by atoms with Crippen LogP contribution in [0.5, 0.6) is 0 Å². The standard InChI is InChI=1S/C20H31N3O/c1-16(2)21-18-10-13-23(19-8-6-17(15-24)7-9-19)20(14-18)22-11-4-3-5-12-22/h3-5,10-11,13-14,16-17,19-21,24H,6-9,12,15H2,1-2H3. The Morgan fingerprint density at radius 1 is 1.17 bits per heavy atom. The summed E-state index contributed by atoms with van der Waals surface area (Å²) in [6.45, 7) is 5.64. The van der Waals surface area contributed by atoms with Gasteiger partial charge in [0.1, 0.15) is 6.17 Å². The second-order valence-electron chi connectivity index (χ2n) is 7.42. The van der Waals surface area contributed by atoms with Crippen molar-refractivity contribution >= 4 is 0 Å². The highest BCUT2D eigenvalue weighted by atomic mass is 16.3. The third-order valence-electron chi connectivity index (χ3n) is 5.19. The largest absolute Gasteiger partial charge is 0.396 e. The summed E-state index contributed by atoms with van der Waals surface area (Å²) in [4.78, 5) is 4.91. The lowest BCUT2D eigenvalue weighted by Gasteiger charge is -2.45. The van der Waals surface area contributed by atoms with Gasteiger partial charge in [0.2, 0.25) is 0 Å². The molecule has 1 fully saturated rings. The number of nitrogens with one attached hydrogen (secondary N) is 1. The van der Waals surface area contributed by atoms with Crippen molar-refractivity contribution in [2.75, 3.05) is 13.2 Å². The summed E-state index contributed by atoms with van der Waals surface area (Å²) in [6.07, 6.45) is 20.3. The number of hydrogen-bond donors (Lipinski definition) is 2. The summed E-state index contributed by atoms with van der Waals surface area (Å²) >= 11 is 0. The smallest absolute Gasteiger partial charge is 0.123 e. The maximum atomic E-state index is 9.39. The summed E-state index contributed by atoms with van der Waals surface area (Å²) in [7, 11) is 0. The molecule has 2 aliphatic heterocycles.